The Bertz CT molecular complexity index is 1640. The molecule has 0 saturated carbocycles. The molecule has 0 radical (unpaired) electrons. The summed E-state index contributed by atoms with van der Waals surface area (Å²) in [5, 5.41) is 6.67. The van der Waals surface area contributed by atoms with Crippen molar-refractivity contribution in [2.24, 2.45) is 5.10 Å². The number of halogens is 1. The van der Waals surface area contributed by atoms with Gasteiger partial charge in [0, 0.05) is 10.0 Å². The SMILES string of the molecule is O=C(N/N=C/c1ccc(OC(=O)c2ccc(Br)cc2)cc1)/C(=C/c1ccc2c(c1)OCO2)NC(=O)c1ccccc1. The van der Waals surface area contributed by atoms with E-state index in [4.69, 9.17) is 14.2 Å². The molecule has 1 heterocycles. The van der Waals surface area contributed by atoms with Crippen LogP contribution in [0.5, 0.6) is 17.2 Å². The Balaban J connectivity index is 1.26. The zero-order chi connectivity index (χ0) is 28.6. The summed E-state index contributed by atoms with van der Waals surface area (Å²) in [7, 11) is 0. The van der Waals surface area contributed by atoms with Gasteiger partial charge in [0.15, 0.2) is 11.5 Å². The summed E-state index contributed by atoms with van der Waals surface area (Å²) in [6.45, 7) is 0.115. The normalized spacial score (nSPS) is 12.2. The second-order valence-electron chi connectivity index (χ2n) is 8.66. The molecule has 2 amide bonds. The lowest BCUT2D eigenvalue weighted by Crippen LogP contribution is -2.32. The molecule has 0 spiro atoms. The van der Waals surface area contributed by atoms with Crippen molar-refractivity contribution >= 4 is 46.0 Å². The summed E-state index contributed by atoms with van der Waals surface area (Å²) < 4.78 is 17.0. The molecule has 2 N–H and O–H groups in total. The highest BCUT2D eigenvalue weighted by atomic mass is 79.9. The van der Waals surface area contributed by atoms with E-state index < -0.39 is 17.8 Å². The van der Waals surface area contributed by atoms with E-state index in [1.165, 1.54) is 12.3 Å². The van der Waals surface area contributed by atoms with Crippen LogP contribution in [0.1, 0.15) is 31.8 Å². The van der Waals surface area contributed by atoms with Crippen LogP contribution in [0.2, 0.25) is 0 Å². The number of amides is 2. The lowest BCUT2D eigenvalue weighted by atomic mass is 10.1. The lowest BCUT2D eigenvalue weighted by Gasteiger charge is -2.09. The molecular weight excluding hydrogens is 590 g/mol. The molecule has 0 unspecified atom stereocenters. The largest absolute Gasteiger partial charge is 0.454 e. The fourth-order valence-electron chi connectivity index (χ4n) is 3.71. The van der Waals surface area contributed by atoms with Crippen LogP contribution in [-0.4, -0.2) is 30.8 Å². The molecule has 10 heteroatoms. The summed E-state index contributed by atoms with van der Waals surface area (Å²) in [6.07, 6.45) is 2.94. The van der Waals surface area contributed by atoms with Crippen molar-refractivity contribution in [2.45, 2.75) is 0 Å². The van der Waals surface area contributed by atoms with Crippen molar-refractivity contribution < 1.29 is 28.6 Å². The minimum atomic E-state index is -0.636. The van der Waals surface area contributed by atoms with Crippen LogP contribution in [0.15, 0.2) is 112 Å². The molecule has 1 aliphatic rings. The highest BCUT2D eigenvalue weighted by Crippen LogP contribution is 2.33. The Morgan fingerprint density at radius 3 is 2.27 bits per heavy atom. The maximum absolute atomic E-state index is 13.0. The van der Waals surface area contributed by atoms with Gasteiger partial charge in [0.2, 0.25) is 6.79 Å². The number of nitrogens with one attached hydrogen (secondary N) is 2. The van der Waals surface area contributed by atoms with Crippen molar-refractivity contribution in [3.8, 4) is 17.2 Å². The van der Waals surface area contributed by atoms with Crippen LogP contribution in [0, 0.1) is 0 Å². The zero-order valence-electron chi connectivity index (χ0n) is 21.4. The second-order valence-corrected chi connectivity index (χ2v) is 9.57. The summed E-state index contributed by atoms with van der Waals surface area (Å²) >= 11 is 3.33. The standard InChI is InChI=1S/C31H22BrN3O6/c32-24-11-9-23(10-12-24)31(38)41-25-13-6-20(7-14-25)18-33-35-30(37)26(34-29(36)22-4-2-1-3-5-22)16-21-8-15-27-28(17-21)40-19-39-27/h1-18H,19H2,(H,34,36)(H,35,37)/b26-16-,33-18+. The molecule has 0 aliphatic carbocycles. The molecule has 0 bridgehead atoms. The minimum Gasteiger partial charge on any atom is -0.454 e. The number of ether oxygens (including phenoxy) is 3. The monoisotopic (exact) mass is 611 g/mol. The van der Waals surface area contributed by atoms with Crippen molar-refractivity contribution in [3.63, 3.8) is 0 Å². The molecule has 4 aromatic rings. The van der Waals surface area contributed by atoms with E-state index in [1.807, 2.05) is 0 Å². The number of hydrazone groups is 1. The summed E-state index contributed by atoms with van der Waals surface area (Å²) in [4.78, 5) is 38.2. The highest BCUT2D eigenvalue weighted by molar-refractivity contribution is 9.10. The Morgan fingerprint density at radius 1 is 0.805 bits per heavy atom. The summed E-state index contributed by atoms with van der Waals surface area (Å²) in [5.41, 5.74) is 4.48. The van der Waals surface area contributed by atoms with E-state index in [1.54, 1.807) is 97.1 Å². The first kappa shape index (κ1) is 27.4. The van der Waals surface area contributed by atoms with Gasteiger partial charge in [-0.1, -0.05) is 40.2 Å². The number of benzene rings is 4. The van der Waals surface area contributed by atoms with Gasteiger partial charge in [-0.05, 0) is 90.0 Å². The van der Waals surface area contributed by atoms with E-state index in [9.17, 15) is 14.4 Å². The maximum atomic E-state index is 13.0. The van der Waals surface area contributed by atoms with Gasteiger partial charge in [-0.3, -0.25) is 9.59 Å². The molecule has 0 saturated heterocycles. The van der Waals surface area contributed by atoms with Crippen LogP contribution < -0.4 is 25.0 Å². The third-order valence-corrected chi connectivity index (χ3v) is 6.32. The average molecular weight is 612 g/mol. The van der Waals surface area contributed by atoms with E-state index in [0.717, 1.165) is 4.47 Å². The zero-order valence-corrected chi connectivity index (χ0v) is 23.0. The number of esters is 1. The summed E-state index contributed by atoms with van der Waals surface area (Å²) in [6, 6.07) is 27.1. The molecule has 9 nitrogen and oxygen atoms in total. The molecule has 4 aromatic carbocycles. The molecule has 1 aliphatic heterocycles. The Morgan fingerprint density at radius 2 is 1.51 bits per heavy atom. The number of hydrogen-bond donors (Lipinski definition) is 2. The number of carbonyl (C=O) groups excluding carboxylic acids is 3. The van der Waals surface area contributed by atoms with Crippen molar-refractivity contribution in [2.75, 3.05) is 6.79 Å². The predicted octanol–water partition coefficient (Wildman–Crippen LogP) is 5.32. The first-order chi connectivity index (χ1) is 19.9. The van der Waals surface area contributed by atoms with E-state index in [-0.39, 0.29) is 12.5 Å². The van der Waals surface area contributed by atoms with Crippen LogP contribution >= 0.6 is 15.9 Å². The van der Waals surface area contributed by atoms with Gasteiger partial charge in [0.25, 0.3) is 11.8 Å². The van der Waals surface area contributed by atoms with Crippen molar-refractivity contribution in [3.05, 3.63) is 129 Å². The third kappa shape index (κ3) is 7.25. The summed E-state index contributed by atoms with van der Waals surface area (Å²) in [5.74, 6) is -0.0764. The number of nitrogens with zero attached hydrogens (tertiary/aromatic N) is 1. The first-order valence-electron chi connectivity index (χ1n) is 12.3. The van der Waals surface area contributed by atoms with Gasteiger partial charge in [-0.25, -0.2) is 10.2 Å². The lowest BCUT2D eigenvalue weighted by molar-refractivity contribution is -0.117. The number of fused-ring (bicyclic) bond motifs is 1. The van der Waals surface area contributed by atoms with Gasteiger partial charge in [-0.2, -0.15) is 5.10 Å². The van der Waals surface area contributed by atoms with Crippen LogP contribution in [0.4, 0.5) is 0 Å². The number of carbonyl (C=O) groups is 3. The maximum Gasteiger partial charge on any atom is 0.343 e. The average Bonchev–Trinajstić information content (AvgIpc) is 3.46. The van der Waals surface area contributed by atoms with Gasteiger partial charge in [0.05, 0.1) is 11.8 Å². The molecule has 204 valence electrons. The van der Waals surface area contributed by atoms with Gasteiger partial charge >= 0.3 is 5.97 Å². The Kier molecular flexibility index (Phi) is 8.51. The van der Waals surface area contributed by atoms with Crippen LogP contribution in [0.3, 0.4) is 0 Å². The van der Waals surface area contributed by atoms with E-state index in [0.29, 0.717) is 39.5 Å². The minimum absolute atomic E-state index is 0.0231. The van der Waals surface area contributed by atoms with Crippen molar-refractivity contribution in [1.82, 2.24) is 10.7 Å². The number of rotatable bonds is 8. The quantitative estimate of drug-likeness (QED) is 0.0916. The van der Waals surface area contributed by atoms with Crippen molar-refractivity contribution in [1.29, 1.82) is 0 Å². The fraction of sp³-hybridized carbons (Fsp3) is 0.0323. The second kappa shape index (κ2) is 12.8. The highest BCUT2D eigenvalue weighted by Gasteiger charge is 2.17. The topological polar surface area (TPSA) is 115 Å². The molecule has 0 aromatic heterocycles. The Hall–Kier alpha value is -5.22. The molecule has 41 heavy (non-hydrogen) atoms. The Labute approximate surface area is 243 Å². The smallest absolute Gasteiger partial charge is 0.343 e. The van der Waals surface area contributed by atoms with Gasteiger partial charge < -0.3 is 19.5 Å². The molecule has 0 fully saturated rings. The molecule has 5 rings (SSSR count). The molecule has 0 atom stereocenters. The van der Waals surface area contributed by atoms with Gasteiger partial charge in [-0.15, -0.1) is 0 Å². The molecular formula is C31H22BrN3O6. The predicted molar refractivity (Wildman–Crippen MR) is 156 cm³/mol. The third-order valence-electron chi connectivity index (χ3n) is 5.79. The number of hydrogen-bond acceptors (Lipinski definition) is 7. The van der Waals surface area contributed by atoms with Crippen LogP contribution in [-0.2, 0) is 4.79 Å². The first-order valence-corrected chi connectivity index (χ1v) is 13.1. The van der Waals surface area contributed by atoms with E-state index in [2.05, 4.69) is 31.8 Å². The fourth-order valence-corrected chi connectivity index (χ4v) is 3.98. The van der Waals surface area contributed by atoms with Gasteiger partial charge in [0.1, 0.15) is 11.4 Å². The van der Waals surface area contributed by atoms with Crippen LogP contribution in [0.25, 0.3) is 6.08 Å². The van der Waals surface area contributed by atoms with E-state index >= 15 is 0 Å².